The molecule has 35 heavy (non-hydrogen) atoms. The lowest BCUT2D eigenvalue weighted by molar-refractivity contribution is -0.118. The van der Waals surface area contributed by atoms with E-state index in [9.17, 15) is 9.59 Å². The first-order valence-electron chi connectivity index (χ1n) is 11.2. The van der Waals surface area contributed by atoms with E-state index in [1.54, 1.807) is 18.2 Å². The summed E-state index contributed by atoms with van der Waals surface area (Å²) in [4.78, 5) is 33.8. The maximum atomic E-state index is 13.5. The van der Waals surface area contributed by atoms with Crippen LogP contribution in [0, 0.1) is 0 Å². The molecular formula is C27H22ClN5O2. The highest BCUT2D eigenvalue weighted by molar-refractivity contribution is 6.30. The largest absolute Gasteiger partial charge is 0.355 e. The molecule has 7 nitrogen and oxygen atoms in total. The summed E-state index contributed by atoms with van der Waals surface area (Å²) in [6, 6.07) is 22.6. The van der Waals surface area contributed by atoms with Gasteiger partial charge in [0, 0.05) is 43.7 Å². The Hall–Kier alpha value is -4.23. The Kier molecular flexibility index (Phi) is 6.16. The second-order valence-corrected chi connectivity index (χ2v) is 8.51. The molecule has 0 fully saturated rings. The maximum absolute atomic E-state index is 13.5. The van der Waals surface area contributed by atoms with Crippen molar-refractivity contribution in [3.63, 3.8) is 0 Å². The summed E-state index contributed by atoms with van der Waals surface area (Å²) in [5.41, 5.74) is 3.25. The second kappa shape index (κ2) is 9.56. The minimum absolute atomic E-state index is 0.0489. The van der Waals surface area contributed by atoms with E-state index in [-0.39, 0.29) is 11.5 Å². The first-order chi connectivity index (χ1) is 17.0. The van der Waals surface area contributed by atoms with E-state index >= 15 is 0 Å². The number of aromatic nitrogens is 4. The number of benzene rings is 2. The van der Waals surface area contributed by atoms with Crippen molar-refractivity contribution in [3.8, 4) is 28.5 Å². The maximum Gasteiger partial charge on any atom is 0.267 e. The molecule has 0 aliphatic carbocycles. The summed E-state index contributed by atoms with van der Waals surface area (Å²) in [6.07, 6.45) is 3.50. The van der Waals surface area contributed by atoms with Crippen LogP contribution >= 0.6 is 11.6 Å². The SMILES string of the molecule is CC(=O)NCCn1cccc1-c1ccc(-c2nc3ccccc3c(=O)n2-c2ccc(Cl)cn2)cc1. The molecule has 0 spiro atoms. The van der Waals surface area contributed by atoms with Crippen LogP contribution in [0.2, 0.25) is 5.02 Å². The van der Waals surface area contributed by atoms with Gasteiger partial charge in [0.1, 0.15) is 11.6 Å². The van der Waals surface area contributed by atoms with E-state index < -0.39 is 0 Å². The molecule has 3 heterocycles. The van der Waals surface area contributed by atoms with Gasteiger partial charge in [-0.15, -0.1) is 0 Å². The molecule has 0 saturated heterocycles. The summed E-state index contributed by atoms with van der Waals surface area (Å²) >= 11 is 6.03. The first kappa shape index (κ1) is 22.6. The number of fused-ring (bicyclic) bond motifs is 1. The summed E-state index contributed by atoms with van der Waals surface area (Å²) in [6.45, 7) is 2.73. The van der Waals surface area contributed by atoms with Gasteiger partial charge >= 0.3 is 0 Å². The predicted molar refractivity (Wildman–Crippen MR) is 138 cm³/mol. The molecule has 0 radical (unpaired) electrons. The van der Waals surface area contributed by atoms with Crippen molar-refractivity contribution < 1.29 is 4.79 Å². The fourth-order valence-electron chi connectivity index (χ4n) is 4.05. The van der Waals surface area contributed by atoms with Crippen molar-refractivity contribution >= 4 is 28.4 Å². The first-order valence-corrected chi connectivity index (χ1v) is 11.5. The molecule has 5 rings (SSSR count). The van der Waals surface area contributed by atoms with Crippen LogP contribution in [0.1, 0.15) is 6.92 Å². The van der Waals surface area contributed by atoms with Crippen LogP contribution in [0.3, 0.4) is 0 Å². The van der Waals surface area contributed by atoms with Crippen LogP contribution in [0.4, 0.5) is 0 Å². The lowest BCUT2D eigenvalue weighted by atomic mass is 10.1. The van der Waals surface area contributed by atoms with Gasteiger partial charge in [-0.05, 0) is 42.0 Å². The molecular weight excluding hydrogens is 462 g/mol. The zero-order valence-corrected chi connectivity index (χ0v) is 19.7. The van der Waals surface area contributed by atoms with E-state index in [0.717, 1.165) is 16.8 Å². The number of rotatable bonds is 6. The number of para-hydroxylation sites is 1. The van der Waals surface area contributed by atoms with Crippen LogP contribution < -0.4 is 10.9 Å². The third-order valence-corrected chi connectivity index (χ3v) is 5.94. The number of pyridine rings is 1. The van der Waals surface area contributed by atoms with E-state index in [4.69, 9.17) is 16.6 Å². The molecule has 0 bridgehead atoms. The van der Waals surface area contributed by atoms with Crippen LogP contribution in [0.5, 0.6) is 0 Å². The zero-order chi connectivity index (χ0) is 24.4. The highest BCUT2D eigenvalue weighted by Gasteiger charge is 2.16. The van der Waals surface area contributed by atoms with Gasteiger partial charge in [-0.1, -0.05) is 48.0 Å². The molecule has 1 amide bonds. The normalized spacial score (nSPS) is 11.0. The lowest BCUT2D eigenvalue weighted by Gasteiger charge is -2.14. The predicted octanol–water partition coefficient (Wildman–Crippen LogP) is 4.71. The van der Waals surface area contributed by atoms with Gasteiger partial charge in [0.25, 0.3) is 5.56 Å². The highest BCUT2D eigenvalue weighted by atomic mass is 35.5. The van der Waals surface area contributed by atoms with Gasteiger partial charge in [-0.3, -0.25) is 9.59 Å². The van der Waals surface area contributed by atoms with Crippen LogP contribution in [-0.4, -0.2) is 31.6 Å². The summed E-state index contributed by atoms with van der Waals surface area (Å²) < 4.78 is 3.61. The molecule has 0 saturated carbocycles. The van der Waals surface area contributed by atoms with Crippen molar-refractivity contribution in [3.05, 3.63) is 101 Å². The minimum Gasteiger partial charge on any atom is -0.355 e. The Morgan fingerprint density at radius 1 is 0.971 bits per heavy atom. The van der Waals surface area contributed by atoms with Crippen LogP contribution in [-0.2, 0) is 11.3 Å². The molecule has 174 valence electrons. The molecule has 3 aromatic heterocycles. The molecule has 8 heteroatoms. The number of carbonyl (C=O) groups is 1. The number of nitrogens with one attached hydrogen (secondary N) is 1. The Labute approximate surface area is 206 Å². The van der Waals surface area contributed by atoms with Crippen LogP contribution in [0.15, 0.2) is 90.0 Å². The van der Waals surface area contributed by atoms with Crippen molar-refractivity contribution in [2.24, 2.45) is 0 Å². The molecule has 0 unspecified atom stereocenters. The van der Waals surface area contributed by atoms with Crippen molar-refractivity contribution in [1.29, 1.82) is 0 Å². The van der Waals surface area contributed by atoms with Gasteiger partial charge in [-0.25, -0.2) is 14.5 Å². The fraction of sp³-hybridized carbons (Fsp3) is 0.111. The third kappa shape index (κ3) is 4.58. The molecule has 0 aliphatic heterocycles. The monoisotopic (exact) mass is 483 g/mol. The zero-order valence-electron chi connectivity index (χ0n) is 19.0. The molecule has 2 aromatic carbocycles. The number of amides is 1. The highest BCUT2D eigenvalue weighted by Crippen LogP contribution is 2.26. The van der Waals surface area contributed by atoms with Gasteiger partial charge < -0.3 is 9.88 Å². The smallest absolute Gasteiger partial charge is 0.267 e. The molecule has 0 aliphatic rings. The van der Waals surface area contributed by atoms with E-state index in [2.05, 4.69) is 14.9 Å². The lowest BCUT2D eigenvalue weighted by Crippen LogP contribution is -2.24. The quantitative estimate of drug-likeness (QED) is 0.379. The van der Waals surface area contributed by atoms with Crippen molar-refractivity contribution in [2.75, 3.05) is 6.54 Å². The number of hydrogen-bond acceptors (Lipinski definition) is 4. The number of nitrogens with zero attached hydrogens (tertiary/aromatic N) is 4. The minimum atomic E-state index is -0.198. The Balaban J connectivity index is 1.57. The fourth-order valence-corrected chi connectivity index (χ4v) is 4.16. The summed E-state index contributed by atoms with van der Waals surface area (Å²) in [5.74, 6) is 0.895. The van der Waals surface area contributed by atoms with E-state index in [0.29, 0.717) is 40.7 Å². The van der Waals surface area contributed by atoms with E-state index in [1.807, 2.05) is 60.8 Å². The second-order valence-electron chi connectivity index (χ2n) is 8.07. The van der Waals surface area contributed by atoms with Crippen LogP contribution in [0.25, 0.3) is 39.4 Å². The average molecular weight is 484 g/mol. The average Bonchev–Trinajstić information content (AvgIpc) is 3.33. The number of carbonyl (C=O) groups excluding carboxylic acids is 1. The van der Waals surface area contributed by atoms with Gasteiger partial charge in [0.15, 0.2) is 0 Å². The number of hydrogen-bond donors (Lipinski definition) is 1. The Morgan fingerprint density at radius 2 is 1.74 bits per heavy atom. The standard InChI is InChI=1S/C27H22ClN5O2/c1-18(34)29-14-16-32-15-4-7-24(32)19-8-10-20(11-9-19)26-31-23-6-3-2-5-22(23)27(35)33(26)25-13-12-21(28)17-30-25/h2-13,15,17H,14,16H2,1H3,(H,29,34). The van der Waals surface area contributed by atoms with E-state index in [1.165, 1.54) is 17.7 Å². The van der Waals surface area contributed by atoms with Gasteiger partial charge in [0.2, 0.25) is 5.91 Å². The van der Waals surface area contributed by atoms with Crippen molar-refractivity contribution in [2.45, 2.75) is 13.5 Å². The number of halogens is 1. The third-order valence-electron chi connectivity index (χ3n) is 5.71. The van der Waals surface area contributed by atoms with Gasteiger partial charge in [-0.2, -0.15) is 0 Å². The summed E-state index contributed by atoms with van der Waals surface area (Å²) in [5, 5.41) is 3.83. The topological polar surface area (TPSA) is 81.8 Å². The Morgan fingerprint density at radius 3 is 2.49 bits per heavy atom. The van der Waals surface area contributed by atoms with Gasteiger partial charge in [0.05, 0.1) is 15.9 Å². The Bertz CT molecular complexity index is 1570. The molecule has 5 aromatic rings. The summed E-state index contributed by atoms with van der Waals surface area (Å²) in [7, 11) is 0. The van der Waals surface area contributed by atoms with Crippen molar-refractivity contribution in [1.82, 2.24) is 24.4 Å². The molecule has 0 atom stereocenters. The molecule has 1 N–H and O–H groups in total.